The zero-order chi connectivity index (χ0) is 18.5. The van der Waals surface area contributed by atoms with E-state index >= 15 is 0 Å². The van der Waals surface area contributed by atoms with E-state index in [4.69, 9.17) is 0 Å². The SMILES string of the molecule is CN(C)C(=O)C1CCN(C(C(=O)N2CCCCC2)c2ccccc2)CC1. The number of piperidine rings is 2. The van der Waals surface area contributed by atoms with E-state index in [0.29, 0.717) is 0 Å². The Morgan fingerprint density at radius 2 is 1.58 bits per heavy atom. The minimum Gasteiger partial charge on any atom is -0.349 e. The minimum absolute atomic E-state index is 0.0859. The Labute approximate surface area is 156 Å². The third-order valence-corrected chi connectivity index (χ3v) is 5.70. The number of rotatable bonds is 4. The summed E-state index contributed by atoms with van der Waals surface area (Å²) < 4.78 is 0. The molecule has 0 N–H and O–H groups in total. The van der Waals surface area contributed by atoms with Crippen LogP contribution < -0.4 is 0 Å². The molecule has 1 unspecified atom stereocenters. The Bertz CT molecular complexity index is 603. The summed E-state index contributed by atoms with van der Waals surface area (Å²) >= 11 is 0. The van der Waals surface area contributed by atoms with Crippen LogP contribution in [0.2, 0.25) is 0 Å². The van der Waals surface area contributed by atoms with Crippen LogP contribution >= 0.6 is 0 Å². The van der Waals surface area contributed by atoms with E-state index < -0.39 is 0 Å². The standard InChI is InChI=1S/C21H31N3O2/c1-22(2)20(25)18-11-15-23(16-12-18)19(17-9-5-3-6-10-17)21(26)24-13-7-4-8-14-24/h3,5-6,9-10,18-19H,4,7-8,11-16H2,1-2H3. The summed E-state index contributed by atoms with van der Waals surface area (Å²) in [7, 11) is 3.64. The molecule has 0 radical (unpaired) electrons. The van der Waals surface area contributed by atoms with Crippen LogP contribution in [0.4, 0.5) is 0 Å². The Kier molecular flexibility index (Phi) is 6.30. The number of carbonyl (C=O) groups is 2. The van der Waals surface area contributed by atoms with Crippen molar-refractivity contribution in [3.05, 3.63) is 35.9 Å². The van der Waals surface area contributed by atoms with Gasteiger partial charge in [-0.2, -0.15) is 0 Å². The number of nitrogens with zero attached hydrogens (tertiary/aromatic N) is 3. The van der Waals surface area contributed by atoms with Gasteiger partial charge in [-0.15, -0.1) is 0 Å². The Hall–Kier alpha value is -1.88. The van der Waals surface area contributed by atoms with Gasteiger partial charge in [0.15, 0.2) is 0 Å². The van der Waals surface area contributed by atoms with Crippen LogP contribution in [0.15, 0.2) is 30.3 Å². The predicted octanol–water partition coefficient (Wildman–Crippen LogP) is 2.54. The maximum atomic E-state index is 13.3. The molecule has 2 saturated heterocycles. The van der Waals surface area contributed by atoms with E-state index in [1.54, 1.807) is 4.90 Å². The van der Waals surface area contributed by atoms with Crippen molar-refractivity contribution in [1.82, 2.24) is 14.7 Å². The van der Waals surface area contributed by atoms with Crippen LogP contribution in [0.1, 0.15) is 43.7 Å². The average Bonchev–Trinajstić information content (AvgIpc) is 2.69. The molecule has 5 heteroatoms. The lowest BCUT2D eigenvalue weighted by molar-refractivity contribution is -0.140. The van der Waals surface area contributed by atoms with E-state index in [9.17, 15) is 9.59 Å². The molecule has 2 amide bonds. The molecule has 142 valence electrons. The molecule has 0 spiro atoms. The molecular formula is C21H31N3O2. The number of hydrogen-bond donors (Lipinski definition) is 0. The molecule has 1 atom stereocenters. The first-order valence-corrected chi connectivity index (χ1v) is 9.87. The Morgan fingerprint density at radius 1 is 0.962 bits per heavy atom. The van der Waals surface area contributed by atoms with Crippen LogP contribution in [0.5, 0.6) is 0 Å². The van der Waals surface area contributed by atoms with Crippen molar-refractivity contribution in [3.63, 3.8) is 0 Å². The van der Waals surface area contributed by atoms with Gasteiger partial charge < -0.3 is 9.80 Å². The molecule has 2 heterocycles. The van der Waals surface area contributed by atoms with E-state index in [1.165, 1.54) is 6.42 Å². The van der Waals surface area contributed by atoms with Gasteiger partial charge in [0, 0.05) is 33.1 Å². The van der Waals surface area contributed by atoms with E-state index in [-0.39, 0.29) is 23.8 Å². The lowest BCUT2D eigenvalue weighted by Gasteiger charge is -2.40. The Morgan fingerprint density at radius 3 is 2.15 bits per heavy atom. The van der Waals surface area contributed by atoms with Gasteiger partial charge in [0.1, 0.15) is 6.04 Å². The number of hydrogen-bond acceptors (Lipinski definition) is 3. The number of benzene rings is 1. The van der Waals surface area contributed by atoms with Gasteiger partial charge in [0.25, 0.3) is 0 Å². The highest BCUT2D eigenvalue weighted by Crippen LogP contribution is 2.30. The van der Waals surface area contributed by atoms with Gasteiger partial charge >= 0.3 is 0 Å². The third kappa shape index (κ3) is 4.26. The molecule has 1 aromatic carbocycles. The molecule has 2 aliphatic heterocycles. The maximum absolute atomic E-state index is 13.3. The first kappa shape index (κ1) is 18.9. The molecule has 1 aromatic rings. The van der Waals surface area contributed by atoms with Crippen molar-refractivity contribution in [2.45, 2.75) is 38.1 Å². The van der Waals surface area contributed by atoms with Crippen LogP contribution in [-0.4, -0.2) is 66.8 Å². The lowest BCUT2D eigenvalue weighted by Crippen LogP contribution is -2.48. The molecule has 0 bridgehead atoms. The molecule has 26 heavy (non-hydrogen) atoms. The molecular weight excluding hydrogens is 326 g/mol. The molecule has 5 nitrogen and oxygen atoms in total. The molecule has 2 fully saturated rings. The molecule has 2 aliphatic rings. The zero-order valence-electron chi connectivity index (χ0n) is 16.1. The Balaban J connectivity index is 1.74. The molecule has 0 saturated carbocycles. The van der Waals surface area contributed by atoms with Crippen molar-refractivity contribution in [1.29, 1.82) is 0 Å². The molecule has 0 aromatic heterocycles. The topological polar surface area (TPSA) is 43.9 Å². The van der Waals surface area contributed by atoms with Crippen LogP contribution in [0.3, 0.4) is 0 Å². The van der Waals surface area contributed by atoms with Crippen LogP contribution in [0, 0.1) is 5.92 Å². The first-order valence-electron chi connectivity index (χ1n) is 9.87. The summed E-state index contributed by atoms with van der Waals surface area (Å²) in [4.78, 5) is 31.6. The van der Waals surface area contributed by atoms with Crippen molar-refractivity contribution in [3.8, 4) is 0 Å². The van der Waals surface area contributed by atoms with Gasteiger partial charge in [0.05, 0.1) is 0 Å². The maximum Gasteiger partial charge on any atom is 0.244 e. The average molecular weight is 357 g/mol. The second-order valence-electron chi connectivity index (χ2n) is 7.74. The number of likely N-dealkylation sites (tertiary alicyclic amines) is 2. The largest absolute Gasteiger partial charge is 0.349 e. The minimum atomic E-state index is -0.218. The fourth-order valence-electron chi connectivity index (χ4n) is 4.20. The van der Waals surface area contributed by atoms with Gasteiger partial charge in [-0.25, -0.2) is 0 Å². The number of amides is 2. The summed E-state index contributed by atoms with van der Waals surface area (Å²) in [6.45, 7) is 3.34. The summed E-state index contributed by atoms with van der Waals surface area (Å²) in [6, 6.07) is 9.91. The summed E-state index contributed by atoms with van der Waals surface area (Å²) in [5, 5.41) is 0. The van der Waals surface area contributed by atoms with Crippen molar-refractivity contribution in [2.75, 3.05) is 40.3 Å². The van der Waals surface area contributed by atoms with Crippen molar-refractivity contribution >= 4 is 11.8 Å². The zero-order valence-corrected chi connectivity index (χ0v) is 16.1. The molecule has 0 aliphatic carbocycles. The van der Waals surface area contributed by atoms with E-state index in [0.717, 1.165) is 57.4 Å². The van der Waals surface area contributed by atoms with Gasteiger partial charge in [-0.1, -0.05) is 30.3 Å². The van der Waals surface area contributed by atoms with Gasteiger partial charge in [-0.3, -0.25) is 14.5 Å². The van der Waals surface area contributed by atoms with Crippen molar-refractivity contribution in [2.24, 2.45) is 5.92 Å². The summed E-state index contributed by atoms with van der Waals surface area (Å²) in [6.07, 6.45) is 5.08. The number of carbonyl (C=O) groups excluding carboxylic acids is 2. The normalized spacial score (nSPS) is 20.6. The fraction of sp³-hybridized carbons (Fsp3) is 0.619. The lowest BCUT2D eigenvalue weighted by atomic mass is 9.92. The highest BCUT2D eigenvalue weighted by molar-refractivity contribution is 5.83. The van der Waals surface area contributed by atoms with E-state index in [1.807, 2.05) is 37.2 Å². The van der Waals surface area contributed by atoms with Crippen molar-refractivity contribution < 1.29 is 9.59 Å². The van der Waals surface area contributed by atoms with E-state index in [2.05, 4.69) is 17.0 Å². The second-order valence-corrected chi connectivity index (χ2v) is 7.74. The van der Waals surface area contributed by atoms with Gasteiger partial charge in [0.2, 0.25) is 11.8 Å². The van der Waals surface area contributed by atoms with Gasteiger partial charge in [-0.05, 0) is 50.8 Å². The second kappa shape index (κ2) is 8.67. The summed E-state index contributed by atoms with van der Waals surface area (Å²) in [5.74, 6) is 0.527. The highest BCUT2D eigenvalue weighted by Gasteiger charge is 2.35. The quantitative estimate of drug-likeness (QED) is 0.832. The third-order valence-electron chi connectivity index (χ3n) is 5.70. The smallest absolute Gasteiger partial charge is 0.244 e. The predicted molar refractivity (Wildman–Crippen MR) is 103 cm³/mol. The fourth-order valence-corrected chi connectivity index (χ4v) is 4.20. The first-order chi connectivity index (χ1) is 12.6. The van der Waals surface area contributed by atoms with Crippen LogP contribution in [0.25, 0.3) is 0 Å². The van der Waals surface area contributed by atoms with Crippen LogP contribution in [-0.2, 0) is 9.59 Å². The summed E-state index contributed by atoms with van der Waals surface area (Å²) in [5.41, 5.74) is 1.07. The monoisotopic (exact) mass is 357 g/mol. The molecule has 3 rings (SSSR count). The highest BCUT2D eigenvalue weighted by atomic mass is 16.2.